The molecule has 0 spiro atoms. The first kappa shape index (κ1) is 19.7. The number of methoxy groups -OCH3 is 1. The Bertz CT molecular complexity index is 930. The predicted molar refractivity (Wildman–Crippen MR) is 120 cm³/mol. The first-order valence-corrected chi connectivity index (χ1v) is 12.3. The van der Waals surface area contributed by atoms with Crippen LogP contribution in [-0.2, 0) is 9.16 Å². The van der Waals surface area contributed by atoms with E-state index in [0.29, 0.717) is 0 Å². The molecule has 3 aromatic carbocycles. The first-order valence-electron chi connectivity index (χ1n) is 9.41. The predicted octanol–water partition coefficient (Wildman–Crippen LogP) is 5.84. The molecule has 0 N–H and O–H groups in total. The summed E-state index contributed by atoms with van der Waals surface area (Å²) in [5, 5.41) is 1.26. The molecular weight excluding hydrogens is 360 g/mol. The van der Waals surface area contributed by atoms with E-state index in [4.69, 9.17) is 9.16 Å². The summed E-state index contributed by atoms with van der Waals surface area (Å²) in [5.74, 6) is 0.876. The van der Waals surface area contributed by atoms with Crippen LogP contribution in [0, 0.1) is 0 Å². The van der Waals surface area contributed by atoms with Gasteiger partial charge in [-0.05, 0) is 29.9 Å². The lowest BCUT2D eigenvalue weighted by Gasteiger charge is -2.28. The minimum atomic E-state index is -2.19. The second-order valence-electron chi connectivity index (χ2n) is 6.99. The molecule has 0 heterocycles. The molecule has 0 unspecified atom stereocenters. The second-order valence-corrected chi connectivity index (χ2v) is 10.8. The minimum absolute atomic E-state index is 0.876. The van der Waals surface area contributed by atoms with Crippen molar-refractivity contribution < 1.29 is 9.16 Å². The third-order valence-electron chi connectivity index (χ3n) is 4.56. The molecule has 0 aliphatic rings. The van der Waals surface area contributed by atoms with Gasteiger partial charge in [-0.15, -0.1) is 0 Å². The normalized spacial score (nSPS) is 12.5. The fourth-order valence-corrected chi connectivity index (χ4v) is 4.92. The van der Waals surface area contributed by atoms with Crippen LogP contribution in [0.5, 0.6) is 0 Å². The van der Waals surface area contributed by atoms with E-state index in [1.807, 2.05) is 48.5 Å². The van der Waals surface area contributed by atoms with Crippen molar-refractivity contribution in [3.05, 3.63) is 114 Å². The maximum absolute atomic E-state index is 6.84. The molecular formula is C25H26O2Si. The van der Waals surface area contributed by atoms with Gasteiger partial charge in [0.05, 0.1) is 13.4 Å². The van der Waals surface area contributed by atoms with E-state index in [1.165, 1.54) is 5.19 Å². The van der Waals surface area contributed by atoms with Crippen molar-refractivity contribution in [1.82, 2.24) is 0 Å². The zero-order valence-corrected chi connectivity index (χ0v) is 17.6. The largest absolute Gasteiger partial charge is 0.539 e. The van der Waals surface area contributed by atoms with Crippen molar-refractivity contribution in [2.45, 2.75) is 13.1 Å². The molecule has 28 heavy (non-hydrogen) atoms. The summed E-state index contributed by atoms with van der Waals surface area (Å²) in [6, 6.07) is 31.1. The van der Waals surface area contributed by atoms with Crippen molar-refractivity contribution in [3.63, 3.8) is 0 Å². The summed E-state index contributed by atoms with van der Waals surface area (Å²) in [6.45, 7) is 4.46. The molecule has 2 nitrogen and oxygen atoms in total. The fourth-order valence-electron chi connectivity index (χ4n) is 3.07. The van der Waals surface area contributed by atoms with Crippen molar-refractivity contribution in [1.29, 1.82) is 0 Å². The zero-order chi connectivity index (χ0) is 19.8. The molecule has 0 aliphatic carbocycles. The number of allylic oxidation sites excluding steroid dienone is 2. The Balaban J connectivity index is 2.17. The average Bonchev–Trinajstić information content (AvgIpc) is 2.75. The lowest BCUT2D eigenvalue weighted by Crippen LogP contribution is -2.44. The van der Waals surface area contributed by atoms with Crippen molar-refractivity contribution in [2.24, 2.45) is 0 Å². The number of rotatable bonds is 7. The Labute approximate surface area is 168 Å². The average molecular weight is 387 g/mol. The molecule has 0 atom stereocenters. The van der Waals surface area contributed by atoms with Crippen LogP contribution in [0.3, 0.4) is 0 Å². The Hall–Kier alpha value is -3.04. The van der Waals surface area contributed by atoms with E-state index >= 15 is 0 Å². The summed E-state index contributed by atoms with van der Waals surface area (Å²) in [6.07, 6.45) is 3.68. The highest BCUT2D eigenvalue weighted by molar-refractivity contribution is 6.85. The molecule has 3 aromatic rings. The third-order valence-corrected chi connectivity index (χ3v) is 7.00. The zero-order valence-electron chi connectivity index (χ0n) is 16.6. The molecule has 0 amide bonds. The van der Waals surface area contributed by atoms with Gasteiger partial charge in [-0.25, -0.2) is 0 Å². The third kappa shape index (κ3) is 4.81. The Morgan fingerprint density at radius 3 is 1.75 bits per heavy atom. The lowest BCUT2D eigenvalue weighted by atomic mass is 10.0. The summed E-state index contributed by atoms with van der Waals surface area (Å²) in [7, 11) is -0.535. The van der Waals surface area contributed by atoms with E-state index in [1.54, 1.807) is 13.4 Å². The number of hydrogen-bond donors (Lipinski definition) is 0. The van der Waals surface area contributed by atoms with Crippen LogP contribution in [-0.4, -0.2) is 15.4 Å². The molecule has 0 saturated heterocycles. The molecule has 3 rings (SSSR count). The van der Waals surface area contributed by atoms with Gasteiger partial charge in [-0.3, -0.25) is 0 Å². The summed E-state index contributed by atoms with van der Waals surface area (Å²) in [4.78, 5) is 0. The van der Waals surface area contributed by atoms with Gasteiger partial charge in [0, 0.05) is 11.1 Å². The van der Waals surface area contributed by atoms with Crippen LogP contribution >= 0.6 is 0 Å². The summed E-state index contributed by atoms with van der Waals surface area (Å²) >= 11 is 0. The van der Waals surface area contributed by atoms with Crippen LogP contribution < -0.4 is 5.19 Å². The lowest BCUT2D eigenvalue weighted by molar-refractivity contribution is 0.338. The van der Waals surface area contributed by atoms with Gasteiger partial charge in [-0.1, -0.05) is 91.0 Å². The molecule has 0 aliphatic heterocycles. The van der Waals surface area contributed by atoms with E-state index < -0.39 is 8.32 Å². The van der Waals surface area contributed by atoms with E-state index in [-0.39, 0.29) is 0 Å². The quantitative estimate of drug-likeness (QED) is 0.220. The molecule has 0 bridgehead atoms. The highest BCUT2D eigenvalue weighted by Crippen LogP contribution is 2.31. The monoisotopic (exact) mass is 386 g/mol. The van der Waals surface area contributed by atoms with Crippen LogP contribution in [0.4, 0.5) is 0 Å². The standard InChI is InChI=1S/C25H26O2Si/c1-26-20-19-24(21-13-7-4-8-14-21)25(22-15-9-5-10-16-22)27-28(2,3)23-17-11-6-12-18-23/h4-20H,1-3H3/b20-19+,25-24-. The van der Waals surface area contributed by atoms with Crippen molar-refractivity contribution in [2.75, 3.05) is 7.11 Å². The van der Waals surface area contributed by atoms with Crippen LogP contribution in [0.2, 0.25) is 13.1 Å². The molecule has 3 heteroatoms. The summed E-state index contributed by atoms with van der Waals surface area (Å²) < 4.78 is 12.1. The van der Waals surface area contributed by atoms with Crippen molar-refractivity contribution in [3.8, 4) is 0 Å². The second kappa shape index (κ2) is 9.24. The van der Waals surface area contributed by atoms with Gasteiger partial charge in [0.25, 0.3) is 8.32 Å². The Morgan fingerprint density at radius 2 is 1.21 bits per heavy atom. The molecule has 142 valence electrons. The topological polar surface area (TPSA) is 18.5 Å². The van der Waals surface area contributed by atoms with E-state index in [0.717, 1.165) is 22.5 Å². The number of hydrogen-bond acceptors (Lipinski definition) is 2. The summed E-state index contributed by atoms with van der Waals surface area (Å²) in [5.41, 5.74) is 3.15. The van der Waals surface area contributed by atoms with Gasteiger partial charge in [0.2, 0.25) is 0 Å². The Morgan fingerprint density at radius 1 is 0.714 bits per heavy atom. The molecule has 0 fully saturated rings. The number of benzene rings is 3. The molecule has 0 aromatic heterocycles. The smallest absolute Gasteiger partial charge is 0.276 e. The van der Waals surface area contributed by atoms with E-state index in [2.05, 4.69) is 61.6 Å². The molecule has 0 saturated carbocycles. The van der Waals surface area contributed by atoms with Crippen LogP contribution in [0.25, 0.3) is 11.3 Å². The van der Waals surface area contributed by atoms with Crippen LogP contribution in [0.1, 0.15) is 11.1 Å². The van der Waals surface area contributed by atoms with Gasteiger partial charge in [0.15, 0.2) is 0 Å². The van der Waals surface area contributed by atoms with E-state index in [9.17, 15) is 0 Å². The highest BCUT2D eigenvalue weighted by atomic mass is 28.4. The van der Waals surface area contributed by atoms with Crippen LogP contribution in [0.15, 0.2) is 103 Å². The van der Waals surface area contributed by atoms with Gasteiger partial charge in [-0.2, -0.15) is 0 Å². The van der Waals surface area contributed by atoms with Gasteiger partial charge in [0.1, 0.15) is 5.76 Å². The Kier molecular flexibility index (Phi) is 6.51. The number of ether oxygens (including phenoxy) is 1. The maximum atomic E-state index is 6.84. The van der Waals surface area contributed by atoms with Gasteiger partial charge >= 0.3 is 0 Å². The highest BCUT2D eigenvalue weighted by Gasteiger charge is 2.29. The van der Waals surface area contributed by atoms with Gasteiger partial charge < -0.3 is 9.16 Å². The minimum Gasteiger partial charge on any atom is -0.539 e. The SMILES string of the molecule is CO/C=C/C(=C(/O[Si](C)(C)c1ccccc1)c1ccccc1)c1ccccc1. The fraction of sp³-hybridized carbons (Fsp3) is 0.120. The molecule has 0 radical (unpaired) electrons. The van der Waals surface area contributed by atoms with Crippen molar-refractivity contribution >= 4 is 24.8 Å². The maximum Gasteiger partial charge on any atom is 0.276 e. The first-order chi connectivity index (χ1) is 13.6.